The Labute approximate surface area is 127 Å². The van der Waals surface area contributed by atoms with E-state index in [2.05, 4.69) is 0 Å². The number of likely N-dealkylation sites (tertiary alicyclic amines) is 1. The van der Waals surface area contributed by atoms with Crippen LogP contribution >= 0.6 is 0 Å². The standard InChI is InChI=1S/C16H28N2O3/c1-3-18(13-8-5-4-6-9-13)14(19)12-17-11-7-10-16(17,2)15(20)21/h13H,3-12H2,1-2H3,(H,20,21). The van der Waals surface area contributed by atoms with Gasteiger partial charge in [-0.05, 0) is 46.1 Å². The van der Waals surface area contributed by atoms with E-state index in [1.807, 2.05) is 16.7 Å². The summed E-state index contributed by atoms with van der Waals surface area (Å²) in [6, 6.07) is 0.356. The van der Waals surface area contributed by atoms with Crippen molar-refractivity contribution in [2.75, 3.05) is 19.6 Å². The Bertz CT molecular complexity index is 393. The third-order valence-electron chi connectivity index (χ3n) is 5.25. The lowest BCUT2D eigenvalue weighted by molar-refractivity contribution is -0.150. The summed E-state index contributed by atoms with van der Waals surface area (Å²) in [5.41, 5.74) is -0.873. The summed E-state index contributed by atoms with van der Waals surface area (Å²) in [5, 5.41) is 9.43. The Morgan fingerprint density at radius 3 is 2.48 bits per heavy atom. The maximum Gasteiger partial charge on any atom is 0.323 e. The molecule has 1 aliphatic carbocycles. The largest absolute Gasteiger partial charge is 0.480 e. The third kappa shape index (κ3) is 3.39. The first-order valence-electron chi connectivity index (χ1n) is 8.27. The average Bonchev–Trinajstić information content (AvgIpc) is 2.83. The summed E-state index contributed by atoms with van der Waals surface area (Å²) in [7, 11) is 0. The van der Waals surface area contributed by atoms with Gasteiger partial charge in [-0.15, -0.1) is 0 Å². The fourth-order valence-corrected chi connectivity index (χ4v) is 3.80. The molecule has 2 aliphatic rings. The molecule has 1 amide bonds. The van der Waals surface area contributed by atoms with Crippen molar-refractivity contribution < 1.29 is 14.7 Å². The number of carbonyl (C=O) groups excluding carboxylic acids is 1. The molecule has 2 rings (SSSR count). The average molecular weight is 296 g/mol. The Morgan fingerprint density at radius 1 is 1.24 bits per heavy atom. The molecular formula is C16H28N2O3. The minimum absolute atomic E-state index is 0.0961. The van der Waals surface area contributed by atoms with Crippen molar-refractivity contribution in [3.8, 4) is 0 Å². The van der Waals surface area contributed by atoms with Crippen molar-refractivity contribution in [3.63, 3.8) is 0 Å². The van der Waals surface area contributed by atoms with Crippen molar-refractivity contribution in [2.24, 2.45) is 0 Å². The fraction of sp³-hybridized carbons (Fsp3) is 0.875. The van der Waals surface area contributed by atoms with Gasteiger partial charge in [0, 0.05) is 12.6 Å². The molecule has 5 nitrogen and oxygen atoms in total. The molecule has 5 heteroatoms. The smallest absolute Gasteiger partial charge is 0.323 e. The second-order valence-corrected chi connectivity index (χ2v) is 6.58. The predicted octanol–water partition coefficient (Wildman–Crippen LogP) is 2.11. The number of nitrogens with zero attached hydrogens (tertiary/aromatic N) is 2. The molecule has 1 atom stereocenters. The monoisotopic (exact) mass is 296 g/mol. The lowest BCUT2D eigenvalue weighted by Crippen LogP contribution is -2.53. The number of likely N-dealkylation sites (N-methyl/N-ethyl adjacent to an activating group) is 1. The second kappa shape index (κ2) is 6.77. The van der Waals surface area contributed by atoms with E-state index >= 15 is 0 Å². The van der Waals surface area contributed by atoms with Crippen LogP contribution < -0.4 is 0 Å². The molecule has 120 valence electrons. The van der Waals surface area contributed by atoms with E-state index < -0.39 is 11.5 Å². The van der Waals surface area contributed by atoms with Crippen LogP contribution in [0, 0.1) is 0 Å². The highest BCUT2D eigenvalue weighted by atomic mass is 16.4. The van der Waals surface area contributed by atoms with E-state index in [1.165, 1.54) is 19.3 Å². The number of carboxylic acid groups (broad SMARTS) is 1. The van der Waals surface area contributed by atoms with Gasteiger partial charge < -0.3 is 10.0 Å². The minimum Gasteiger partial charge on any atom is -0.480 e. The van der Waals surface area contributed by atoms with Gasteiger partial charge in [-0.25, -0.2) is 0 Å². The summed E-state index contributed by atoms with van der Waals surface area (Å²) in [5.74, 6) is -0.715. The van der Waals surface area contributed by atoms with E-state index in [9.17, 15) is 14.7 Å². The first-order valence-corrected chi connectivity index (χ1v) is 8.27. The third-order valence-corrected chi connectivity index (χ3v) is 5.25. The van der Waals surface area contributed by atoms with Crippen LogP contribution in [0.4, 0.5) is 0 Å². The van der Waals surface area contributed by atoms with Gasteiger partial charge in [0.1, 0.15) is 5.54 Å². The molecule has 1 N–H and O–H groups in total. The number of aliphatic carboxylic acids is 1. The molecule has 0 bridgehead atoms. The number of rotatable bonds is 5. The molecule has 0 aromatic heterocycles. The molecule has 21 heavy (non-hydrogen) atoms. The number of hydrogen-bond donors (Lipinski definition) is 1. The predicted molar refractivity (Wildman–Crippen MR) is 81.1 cm³/mol. The quantitative estimate of drug-likeness (QED) is 0.844. The van der Waals surface area contributed by atoms with Crippen LogP contribution in [0.15, 0.2) is 0 Å². The van der Waals surface area contributed by atoms with Crippen molar-refractivity contribution in [1.82, 2.24) is 9.80 Å². The molecule has 2 fully saturated rings. The van der Waals surface area contributed by atoms with Gasteiger partial charge in [0.05, 0.1) is 6.54 Å². The van der Waals surface area contributed by atoms with Crippen LogP contribution in [0.2, 0.25) is 0 Å². The van der Waals surface area contributed by atoms with Crippen LogP contribution in [-0.4, -0.2) is 58.0 Å². The van der Waals surface area contributed by atoms with Gasteiger partial charge in [0.2, 0.25) is 5.91 Å². The van der Waals surface area contributed by atoms with E-state index in [-0.39, 0.29) is 12.5 Å². The van der Waals surface area contributed by atoms with E-state index in [1.54, 1.807) is 6.92 Å². The molecule has 0 spiro atoms. The van der Waals surface area contributed by atoms with Gasteiger partial charge in [-0.2, -0.15) is 0 Å². The van der Waals surface area contributed by atoms with Crippen LogP contribution in [0.3, 0.4) is 0 Å². The lowest BCUT2D eigenvalue weighted by Gasteiger charge is -2.37. The SMILES string of the molecule is CCN(C(=O)CN1CCCC1(C)C(=O)O)C1CCCCC1. The van der Waals surface area contributed by atoms with Gasteiger partial charge in [-0.3, -0.25) is 14.5 Å². The molecule has 1 unspecified atom stereocenters. The second-order valence-electron chi connectivity index (χ2n) is 6.58. The summed E-state index contributed by atoms with van der Waals surface area (Å²) in [6.45, 7) is 5.43. The Kier molecular flexibility index (Phi) is 5.25. The minimum atomic E-state index is -0.873. The number of carboxylic acids is 1. The summed E-state index contributed by atoms with van der Waals surface area (Å²) >= 11 is 0. The molecule has 1 heterocycles. The van der Waals surface area contributed by atoms with Gasteiger partial charge in [0.25, 0.3) is 0 Å². The van der Waals surface area contributed by atoms with Crippen LogP contribution in [0.25, 0.3) is 0 Å². The highest BCUT2D eigenvalue weighted by Gasteiger charge is 2.44. The molecular weight excluding hydrogens is 268 g/mol. The van der Waals surface area contributed by atoms with Gasteiger partial charge >= 0.3 is 5.97 Å². The Morgan fingerprint density at radius 2 is 1.90 bits per heavy atom. The number of hydrogen-bond acceptors (Lipinski definition) is 3. The highest BCUT2D eigenvalue weighted by Crippen LogP contribution is 2.29. The van der Waals surface area contributed by atoms with E-state index in [0.29, 0.717) is 19.0 Å². The summed E-state index contributed by atoms with van der Waals surface area (Å²) < 4.78 is 0. The zero-order chi connectivity index (χ0) is 15.5. The zero-order valence-corrected chi connectivity index (χ0v) is 13.3. The fourth-order valence-electron chi connectivity index (χ4n) is 3.80. The first-order chi connectivity index (χ1) is 9.99. The molecule has 1 aliphatic heterocycles. The molecule has 1 saturated carbocycles. The first kappa shape index (κ1) is 16.3. The maximum atomic E-state index is 12.6. The summed E-state index contributed by atoms with van der Waals surface area (Å²) in [4.78, 5) is 27.9. The summed E-state index contributed by atoms with van der Waals surface area (Å²) in [6.07, 6.45) is 7.34. The van der Waals surface area contributed by atoms with Crippen molar-refractivity contribution >= 4 is 11.9 Å². The molecule has 0 radical (unpaired) electrons. The van der Waals surface area contributed by atoms with Crippen LogP contribution in [0.1, 0.15) is 58.8 Å². The van der Waals surface area contributed by atoms with E-state index in [4.69, 9.17) is 0 Å². The zero-order valence-electron chi connectivity index (χ0n) is 13.3. The maximum absolute atomic E-state index is 12.6. The molecule has 0 aromatic carbocycles. The topological polar surface area (TPSA) is 60.9 Å². The van der Waals surface area contributed by atoms with Gasteiger partial charge in [-0.1, -0.05) is 19.3 Å². The lowest BCUT2D eigenvalue weighted by atomic mass is 9.94. The van der Waals surface area contributed by atoms with Crippen molar-refractivity contribution in [3.05, 3.63) is 0 Å². The normalized spacial score (nSPS) is 27.7. The van der Waals surface area contributed by atoms with Crippen LogP contribution in [0.5, 0.6) is 0 Å². The van der Waals surface area contributed by atoms with E-state index in [0.717, 1.165) is 25.8 Å². The number of amides is 1. The molecule has 1 saturated heterocycles. The Balaban J connectivity index is 2.00. The van der Waals surface area contributed by atoms with Gasteiger partial charge in [0.15, 0.2) is 0 Å². The Hall–Kier alpha value is -1.10. The van der Waals surface area contributed by atoms with Crippen molar-refractivity contribution in [2.45, 2.75) is 70.4 Å². The number of carbonyl (C=O) groups is 2. The highest BCUT2D eigenvalue weighted by molar-refractivity contribution is 5.82. The van der Waals surface area contributed by atoms with Crippen molar-refractivity contribution in [1.29, 1.82) is 0 Å². The van der Waals surface area contributed by atoms with Crippen LogP contribution in [-0.2, 0) is 9.59 Å². The molecule has 0 aromatic rings.